The molecule has 0 aromatic heterocycles. The van der Waals surface area contributed by atoms with Crippen molar-refractivity contribution in [2.45, 2.75) is 39.0 Å². The van der Waals surface area contributed by atoms with Gasteiger partial charge in [0.15, 0.2) is 0 Å². The molecule has 2 rings (SSSR count). The molecule has 0 heterocycles. The second kappa shape index (κ2) is 8.67. The topological polar surface area (TPSA) is 47.6 Å². The van der Waals surface area contributed by atoms with Crippen LogP contribution in [-0.4, -0.2) is 25.7 Å². The van der Waals surface area contributed by atoms with Gasteiger partial charge in [-0.05, 0) is 37.8 Å². The lowest BCUT2D eigenvalue weighted by Crippen LogP contribution is -2.15. The van der Waals surface area contributed by atoms with Crippen LogP contribution in [0.5, 0.6) is 5.75 Å². The molecule has 1 saturated carbocycles. The first-order valence-electron chi connectivity index (χ1n) is 7.88. The van der Waals surface area contributed by atoms with Gasteiger partial charge in [-0.25, -0.2) is 0 Å². The van der Waals surface area contributed by atoms with Crippen LogP contribution in [0.2, 0.25) is 0 Å². The highest BCUT2D eigenvalue weighted by molar-refractivity contribution is 5.91. The average Bonchev–Trinajstić information content (AvgIpc) is 2.97. The van der Waals surface area contributed by atoms with Crippen molar-refractivity contribution in [2.24, 2.45) is 5.92 Å². The SMILES string of the molecule is CCOCCOc1cccc(NC(=O)CC2CCCC2)c1. The Labute approximate surface area is 126 Å². The first-order valence-corrected chi connectivity index (χ1v) is 7.88. The summed E-state index contributed by atoms with van der Waals surface area (Å²) >= 11 is 0. The number of nitrogens with one attached hydrogen (secondary N) is 1. The maximum absolute atomic E-state index is 12.0. The van der Waals surface area contributed by atoms with Gasteiger partial charge >= 0.3 is 0 Å². The predicted octanol–water partition coefficient (Wildman–Crippen LogP) is 3.62. The van der Waals surface area contributed by atoms with E-state index in [1.165, 1.54) is 25.7 Å². The van der Waals surface area contributed by atoms with Crippen LogP contribution in [0.3, 0.4) is 0 Å². The molecular formula is C17H25NO3. The second-order valence-electron chi connectivity index (χ2n) is 5.48. The molecule has 1 aliphatic rings. The minimum atomic E-state index is 0.105. The van der Waals surface area contributed by atoms with Crippen LogP contribution < -0.4 is 10.1 Å². The van der Waals surface area contributed by atoms with Crippen LogP contribution in [0, 0.1) is 5.92 Å². The first kappa shape index (κ1) is 15.8. The molecule has 116 valence electrons. The van der Waals surface area contributed by atoms with Crippen LogP contribution in [0.4, 0.5) is 5.69 Å². The predicted molar refractivity (Wildman–Crippen MR) is 83.6 cm³/mol. The van der Waals surface area contributed by atoms with Crippen molar-refractivity contribution < 1.29 is 14.3 Å². The van der Waals surface area contributed by atoms with E-state index in [4.69, 9.17) is 9.47 Å². The van der Waals surface area contributed by atoms with Gasteiger partial charge in [0.1, 0.15) is 12.4 Å². The third-order valence-electron chi connectivity index (χ3n) is 3.77. The van der Waals surface area contributed by atoms with Crippen LogP contribution in [0.25, 0.3) is 0 Å². The van der Waals surface area contributed by atoms with Crippen molar-refractivity contribution in [2.75, 3.05) is 25.1 Å². The van der Waals surface area contributed by atoms with E-state index in [-0.39, 0.29) is 5.91 Å². The van der Waals surface area contributed by atoms with E-state index in [1.807, 2.05) is 31.2 Å². The van der Waals surface area contributed by atoms with Gasteiger partial charge < -0.3 is 14.8 Å². The fraction of sp³-hybridized carbons (Fsp3) is 0.588. The summed E-state index contributed by atoms with van der Waals surface area (Å²) in [4.78, 5) is 12.0. The molecule has 0 unspecified atom stereocenters. The van der Waals surface area contributed by atoms with E-state index in [9.17, 15) is 4.79 Å². The fourth-order valence-electron chi connectivity index (χ4n) is 2.72. The highest BCUT2D eigenvalue weighted by Gasteiger charge is 2.18. The number of benzene rings is 1. The molecule has 0 radical (unpaired) electrons. The lowest BCUT2D eigenvalue weighted by atomic mass is 10.0. The van der Waals surface area contributed by atoms with E-state index in [0.29, 0.717) is 32.2 Å². The van der Waals surface area contributed by atoms with Crippen LogP contribution >= 0.6 is 0 Å². The van der Waals surface area contributed by atoms with Crippen molar-refractivity contribution in [3.8, 4) is 5.75 Å². The average molecular weight is 291 g/mol. The summed E-state index contributed by atoms with van der Waals surface area (Å²) in [5.74, 6) is 1.43. The lowest BCUT2D eigenvalue weighted by molar-refractivity contribution is -0.117. The number of carbonyl (C=O) groups excluding carboxylic acids is 1. The molecule has 0 aliphatic heterocycles. The number of ether oxygens (including phenoxy) is 2. The standard InChI is InChI=1S/C17H25NO3/c1-2-20-10-11-21-16-9-5-8-15(13-16)18-17(19)12-14-6-3-4-7-14/h5,8-9,13-14H,2-4,6-7,10-12H2,1H3,(H,18,19). The van der Waals surface area contributed by atoms with Crippen molar-refractivity contribution in [3.63, 3.8) is 0 Å². The number of hydrogen-bond acceptors (Lipinski definition) is 3. The normalized spacial score (nSPS) is 15.1. The quantitative estimate of drug-likeness (QED) is 0.744. The van der Waals surface area contributed by atoms with Crippen molar-refractivity contribution in [1.82, 2.24) is 0 Å². The summed E-state index contributed by atoms with van der Waals surface area (Å²) in [6.07, 6.45) is 5.54. The number of rotatable bonds is 8. The number of amides is 1. The molecule has 1 amide bonds. The summed E-state index contributed by atoms with van der Waals surface area (Å²) in [7, 11) is 0. The fourth-order valence-corrected chi connectivity index (χ4v) is 2.72. The first-order chi connectivity index (χ1) is 10.3. The van der Waals surface area contributed by atoms with Gasteiger partial charge in [-0.2, -0.15) is 0 Å². The van der Waals surface area contributed by atoms with Crippen LogP contribution in [0.15, 0.2) is 24.3 Å². The summed E-state index contributed by atoms with van der Waals surface area (Å²) < 4.78 is 10.8. The summed E-state index contributed by atoms with van der Waals surface area (Å²) in [5, 5.41) is 2.96. The molecule has 0 atom stereocenters. The summed E-state index contributed by atoms with van der Waals surface area (Å²) in [6.45, 7) is 3.75. The Kier molecular flexibility index (Phi) is 6.54. The van der Waals surface area contributed by atoms with Crippen molar-refractivity contribution >= 4 is 11.6 Å². The molecule has 1 aromatic carbocycles. The zero-order valence-corrected chi connectivity index (χ0v) is 12.8. The Morgan fingerprint density at radius 3 is 2.86 bits per heavy atom. The highest BCUT2D eigenvalue weighted by atomic mass is 16.5. The third-order valence-corrected chi connectivity index (χ3v) is 3.77. The van der Waals surface area contributed by atoms with Gasteiger partial charge in [-0.15, -0.1) is 0 Å². The molecule has 1 aliphatic carbocycles. The van der Waals surface area contributed by atoms with Crippen molar-refractivity contribution in [3.05, 3.63) is 24.3 Å². The maximum Gasteiger partial charge on any atom is 0.224 e. The smallest absolute Gasteiger partial charge is 0.224 e. The number of hydrogen-bond donors (Lipinski definition) is 1. The van der Waals surface area contributed by atoms with E-state index < -0.39 is 0 Å². The van der Waals surface area contributed by atoms with Gasteiger partial charge in [-0.1, -0.05) is 18.9 Å². The zero-order valence-electron chi connectivity index (χ0n) is 12.8. The van der Waals surface area contributed by atoms with Gasteiger partial charge in [-0.3, -0.25) is 4.79 Å². The van der Waals surface area contributed by atoms with Crippen molar-refractivity contribution in [1.29, 1.82) is 0 Å². The van der Waals surface area contributed by atoms with E-state index in [0.717, 1.165) is 11.4 Å². The van der Waals surface area contributed by atoms with Crippen LogP contribution in [0.1, 0.15) is 39.0 Å². The molecule has 1 N–H and O–H groups in total. The molecule has 1 aromatic rings. The zero-order chi connectivity index (χ0) is 14.9. The van der Waals surface area contributed by atoms with E-state index in [1.54, 1.807) is 0 Å². The largest absolute Gasteiger partial charge is 0.491 e. The maximum atomic E-state index is 12.0. The molecular weight excluding hydrogens is 266 g/mol. The molecule has 1 fully saturated rings. The van der Waals surface area contributed by atoms with Crippen LogP contribution in [-0.2, 0) is 9.53 Å². The Morgan fingerprint density at radius 1 is 1.29 bits per heavy atom. The molecule has 21 heavy (non-hydrogen) atoms. The van der Waals surface area contributed by atoms with E-state index >= 15 is 0 Å². The minimum Gasteiger partial charge on any atom is -0.491 e. The molecule has 0 spiro atoms. The Morgan fingerprint density at radius 2 is 2.10 bits per heavy atom. The number of anilines is 1. The molecule has 4 heteroatoms. The van der Waals surface area contributed by atoms with Gasteiger partial charge in [0.25, 0.3) is 0 Å². The molecule has 0 saturated heterocycles. The number of carbonyl (C=O) groups is 1. The summed E-state index contributed by atoms with van der Waals surface area (Å²) in [6, 6.07) is 7.53. The molecule has 0 bridgehead atoms. The minimum absolute atomic E-state index is 0.105. The van der Waals surface area contributed by atoms with Gasteiger partial charge in [0.2, 0.25) is 5.91 Å². The van der Waals surface area contributed by atoms with E-state index in [2.05, 4.69) is 5.32 Å². The molecule has 4 nitrogen and oxygen atoms in total. The second-order valence-corrected chi connectivity index (χ2v) is 5.48. The third kappa shape index (κ3) is 5.76. The Bertz CT molecular complexity index is 441. The van der Waals surface area contributed by atoms with Gasteiger partial charge in [0, 0.05) is 24.8 Å². The van der Waals surface area contributed by atoms with Gasteiger partial charge in [0.05, 0.1) is 6.61 Å². The monoisotopic (exact) mass is 291 g/mol. The highest BCUT2D eigenvalue weighted by Crippen LogP contribution is 2.28. The lowest BCUT2D eigenvalue weighted by Gasteiger charge is -2.11. The summed E-state index contributed by atoms with van der Waals surface area (Å²) in [5.41, 5.74) is 0.798. The Balaban J connectivity index is 1.78. The Hall–Kier alpha value is -1.55.